The van der Waals surface area contributed by atoms with Crippen LogP contribution < -0.4 is 10.6 Å². The van der Waals surface area contributed by atoms with Crippen LogP contribution in [0.25, 0.3) is 0 Å². The molecule has 1 aromatic heterocycles. The van der Waals surface area contributed by atoms with Crippen LogP contribution >= 0.6 is 0 Å². The number of carbonyl (C=O) groups is 2. The van der Waals surface area contributed by atoms with Crippen molar-refractivity contribution in [3.05, 3.63) is 54.0 Å². The van der Waals surface area contributed by atoms with E-state index in [0.29, 0.717) is 17.9 Å². The first-order chi connectivity index (χ1) is 12.6. The van der Waals surface area contributed by atoms with E-state index in [1.807, 2.05) is 23.1 Å². The highest BCUT2D eigenvalue weighted by Crippen LogP contribution is 2.12. The van der Waals surface area contributed by atoms with Gasteiger partial charge in [0, 0.05) is 24.3 Å². The molecule has 26 heavy (non-hydrogen) atoms. The highest BCUT2D eigenvalue weighted by atomic mass is 16.3. The van der Waals surface area contributed by atoms with Crippen LogP contribution in [-0.2, 0) is 11.3 Å². The van der Waals surface area contributed by atoms with Crippen molar-refractivity contribution in [1.82, 2.24) is 10.2 Å². The Morgan fingerprint density at radius 3 is 2.31 bits per heavy atom. The molecular weight excluding hydrogens is 330 g/mol. The predicted octanol–water partition coefficient (Wildman–Crippen LogP) is 3.27. The minimum Gasteiger partial charge on any atom is -0.467 e. The molecule has 0 aliphatic carbocycles. The second kappa shape index (κ2) is 10.3. The molecule has 2 aromatic rings. The molecule has 0 aliphatic rings. The zero-order valence-corrected chi connectivity index (χ0v) is 15.5. The summed E-state index contributed by atoms with van der Waals surface area (Å²) in [6.07, 6.45) is 3.46. The lowest BCUT2D eigenvalue weighted by atomic mass is 10.1. The number of furan rings is 1. The Morgan fingerprint density at radius 1 is 1.04 bits per heavy atom. The highest BCUT2D eigenvalue weighted by Gasteiger charge is 2.14. The van der Waals surface area contributed by atoms with E-state index in [1.54, 1.807) is 24.5 Å². The summed E-state index contributed by atoms with van der Waals surface area (Å²) in [5.74, 6) is 0.639. The second-order valence-corrected chi connectivity index (χ2v) is 6.08. The molecule has 0 aliphatic heterocycles. The molecule has 0 atom stereocenters. The minimum atomic E-state index is -0.126. The van der Waals surface area contributed by atoms with Gasteiger partial charge in [-0.3, -0.25) is 9.59 Å². The molecule has 0 spiro atoms. The van der Waals surface area contributed by atoms with Crippen molar-refractivity contribution in [3.63, 3.8) is 0 Å². The second-order valence-electron chi connectivity index (χ2n) is 6.08. The maximum Gasteiger partial charge on any atom is 0.253 e. The van der Waals surface area contributed by atoms with Crippen LogP contribution in [0.15, 0.2) is 47.1 Å². The van der Waals surface area contributed by atoms with Gasteiger partial charge in [-0.2, -0.15) is 0 Å². The molecule has 140 valence electrons. The molecule has 1 aromatic carbocycles. The van der Waals surface area contributed by atoms with E-state index < -0.39 is 0 Å². The minimum absolute atomic E-state index is 0.0523. The number of hydrogen-bond donors (Lipinski definition) is 2. The van der Waals surface area contributed by atoms with E-state index in [2.05, 4.69) is 24.5 Å². The molecule has 6 heteroatoms. The summed E-state index contributed by atoms with van der Waals surface area (Å²) in [6.45, 7) is 6.20. The maximum atomic E-state index is 12.5. The topological polar surface area (TPSA) is 74.6 Å². The molecule has 2 rings (SSSR count). The third-order valence-electron chi connectivity index (χ3n) is 3.90. The van der Waals surface area contributed by atoms with E-state index >= 15 is 0 Å². The van der Waals surface area contributed by atoms with Gasteiger partial charge in [-0.25, -0.2) is 0 Å². The molecule has 0 radical (unpaired) electrons. The van der Waals surface area contributed by atoms with Crippen LogP contribution in [0.2, 0.25) is 0 Å². The molecule has 0 fully saturated rings. The lowest BCUT2D eigenvalue weighted by Gasteiger charge is -2.21. The molecule has 0 bridgehead atoms. The van der Waals surface area contributed by atoms with Crippen LogP contribution in [0.1, 0.15) is 42.8 Å². The van der Waals surface area contributed by atoms with Gasteiger partial charge in [0.1, 0.15) is 5.76 Å². The zero-order valence-electron chi connectivity index (χ0n) is 15.5. The van der Waals surface area contributed by atoms with Crippen molar-refractivity contribution in [1.29, 1.82) is 0 Å². The van der Waals surface area contributed by atoms with Gasteiger partial charge in [-0.05, 0) is 49.2 Å². The van der Waals surface area contributed by atoms with E-state index in [9.17, 15) is 9.59 Å². The molecule has 2 amide bonds. The van der Waals surface area contributed by atoms with Gasteiger partial charge >= 0.3 is 0 Å². The summed E-state index contributed by atoms with van der Waals surface area (Å²) in [7, 11) is 0. The van der Waals surface area contributed by atoms with Gasteiger partial charge in [0.25, 0.3) is 5.91 Å². The average molecular weight is 357 g/mol. The van der Waals surface area contributed by atoms with Gasteiger partial charge in [0.15, 0.2) is 0 Å². The number of nitrogens with one attached hydrogen (secondary N) is 2. The quantitative estimate of drug-likeness (QED) is 0.684. The first-order valence-corrected chi connectivity index (χ1v) is 9.06. The van der Waals surface area contributed by atoms with Crippen LogP contribution in [0.3, 0.4) is 0 Å². The Labute approximate surface area is 154 Å². The van der Waals surface area contributed by atoms with Crippen LogP contribution in [-0.4, -0.2) is 36.3 Å². The third-order valence-corrected chi connectivity index (χ3v) is 3.90. The molecular formula is C20H27N3O3. The lowest BCUT2D eigenvalue weighted by molar-refractivity contribution is -0.119. The Kier molecular flexibility index (Phi) is 7.74. The summed E-state index contributed by atoms with van der Waals surface area (Å²) < 4.78 is 5.17. The first kappa shape index (κ1) is 19.6. The van der Waals surface area contributed by atoms with Crippen LogP contribution in [0.5, 0.6) is 0 Å². The van der Waals surface area contributed by atoms with Gasteiger partial charge in [0.05, 0.1) is 19.4 Å². The van der Waals surface area contributed by atoms with Gasteiger partial charge in [-0.1, -0.05) is 13.8 Å². The Balaban J connectivity index is 1.82. The summed E-state index contributed by atoms with van der Waals surface area (Å²) in [5.41, 5.74) is 1.46. The molecule has 0 saturated heterocycles. The van der Waals surface area contributed by atoms with Crippen molar-refractivity contribution in [2.24, 2.45) is 0 Å². The number of nitrogens with zero attached hydrogens (tertiary/aromatic N) is 1. The SMILES string of the molecule is CCCN(CCC)C(=O)c1ccc(NCC(=O)NCc2ccco2)cc1. The molecule has 0 unspecified atom stereocenters. The molecule has 1 heterocycles. The van der Waals surface area contributed by atoms with Crippen LogP contribution in [0, 0.1) is 0 Å². The fraction of sp³-hybridized carbons (Fsp3) is 0.400. The number of amides is 2. The summed E-state index contributed by atoms with van der Waals surface area (Å²) in [5, 5.41) is 5.82. The maximum absolute atomic E-state index is 12.5. The molecule has 0 saturated carbocycles. The first-order valence-electron chi connectivity index (χ1n) is 9.06. The average Bonchev–Trinajstić information content (AvgIpc) is 3.18. The van der Waals surface area contributed by atoms with Crippen LogP contribution in [0.4, 0.5) is 5.69 Å². The monoisotopic (exact) mass is 357 g/mol. The number of carbonyl (C=O) groups excluding carboxylic acids is 2. The summed E-state index contributed by atoms with van der Waals surface area (Å²) in [4.78, 5) is 26.3. The predicted molar refractivity (Wildman–Crippen MR) is 102 cm³/mol. The van der Waals surface area contributed by atoms with Crippen molar-refractivity contribution in [2.45, 2.75) is 33.2 Å². The van der Waals surface area contributed by atoms with E-state index in [4.69, 9.17) is 4.42 Å². The lowest BCUT2D eigenvalue weighted by Crippen LogP contribution is -2.32. The van der Waals surface area contributed by atoms with E-state index in [0.717, 1.165) is 31.6 Å². The van der Waals surface area contributed by atoms with Gasteiger partial charge < -0.3 is 20.0 Å². The largest absolute Gasteiger partial charge is 0.467 e. The van der Waals surface area contributed by atoms with Gasteiger partial charge in [-0.15, -0.1) is 0 Å². The van der Waals surface area contributed by atoms with Crippen molar-refractivity contribution < 1.29 is 14.0 Å². The smallest absolute Gasteiger partial charge is 0.253 e. The number of hydrogen-bond acceptors (Lipinski definition) is 4. The normalized spacial score (nSPS) is 10.4. The number of benzene rings is 1. The standard InChI is InChI=1S/C20H27N3O3/c1-3-11-23(12-4-2)20(25)16-7-9-17(10-8-16)21-15-19(24)22-14-18-6-5-13-26-18/h5-10,13,21H,3-4,11-12,14-15H2,1-2H3,(H,22,24). The highest BCUT2D eigenvalue weighted by molar-refractivity contribution is 5.94. The Hall–Kier alpha value is -2.76. The number of rotatable bonds is 10. The molecule has 2 N–H and O–H groups in total. The third kappa shape index (κ3) is 5.95. The number of anilines is 1. The van der Waals surface area contributed by atoms with Crippen molar-refractivity contribution >= 4 is 17.5 Å². The van der Waals surface area contributed by atoms with Crippen molar-refractivity contribution in [3.8, 4) is 0 Å². The zero-order chi connectivity index (χ0) is 18.8. The fourth-order valence-electron chi connectivity index (χ4n) is 2.61. The van der Waals surface area contributed by atoms with E-state index in [1.165, 1.54) is 0 Å². The Bertz CT molecular complexity index is 675. The van der Waals surface area contributed by atoms with Gasteiger partial charge in [0.2, 0.25) is 5.91 Å². The van der Waals surface area contributed by atoms with Crippen molar-refractivity contribution in [2.75, 3.05) is 25.0 Å². The van der Waals surface area contributed by atoms with E-state index in [-0.39, 0.29) is 18.4 Å². The summed E-state index contributed by atoms with van der Waals surface area (Å²) in [6, 6.07) is 10.8. The Morgan fingerprint density at radius 2 is 1.73 bits per heavy atom. The molecule has 6 nitrogen and oxygen atoms in total. The summed E-state index contributed by atoms with van der Waals surface area (Å²) >= 11 is 0. The fourth-order valence-corrected chi connectivity index (χ4v) is 2.61.